The van der Waals surface area contributed by atoms with Gasteiger partial charge in [0.25, 0.3) is 0 Å². The lowest BCUT2D eigenvalue weighted by atomic mass is 10.1. The Morgan fingerprint density at radius 1 is 0.905 bits per heavy atom. The van der Waals surface area contributed by atoms with Crippen molar-refractivity contribution in [2.24, 2.45) is 0 Å². The molecule has 3 nitrogen and oxygen atoms in total. The van der Waals surface area contributed by atoms with Crippen molar-refractivity contribution in [3.05, 3.63) is 0 Å². The predicted molar refractivity (Wildman–Crippen MR) is 88.1 cm³/mol. The Bertz CT molecular complexity index is 255. The van der Waals surface area contributed by atoms with Crippen LogP contribution in [0.1, 0.15) is 77.6 Å². The van der Waals surface area contributed by atoms with Gasteiger partial charge in [-0.2, -0.15) is 0 Å². The number of hydrogen-bond acceptors (Lipinski definition) is 3. The minimum atomic E-state index is -0.101. The molecule has 0 aromatic heterocycles. The zero-order valence-electron chi connectivity index (χ0n) is 14.0. The van der Waals surface area contributed by atoms with Gasteiger partial charge in [-0.15, -0.1) is 11.8 Å². The van der Waals surface area contributed by atoms with Crippen LogP contribution in [0.25, 0.3) is 0 Å². The summed E-state index contributed by atoms with van der Waals surface area (Å²) in [6.45, 7) is 3.31. The summed E-state index contributed by atoms with van der Waals surface area (Å²) in [5, 5.41) is 9.59. The lowest BCUT2D eigenvalue weighted by Gasteiger charge is -2.07. The first-order valence-corrected chi connectivity index (χ1v) is 8.51. The molecule has 0 rings (SSSR count). The summed E-state index contributed by atoms with van der Waals surface area (Å²) in [5.41, 5.74) is 0. The highest BCUT2D eigenvalue weighted by Crippen LogP contribution is 2.08. The van der Waals surface area contributed by atoms with Gasteiger partial charge in [0.1, 0.15) is 6.79 Å². The zero-order valence-corrected chi connectivity index (χ0v) is 14.0. The van der Waals surface area contributed by atoms with Crippen molar-refractivity contribution in [3.63, 3.8) is 0 Å². The average molecular weight is 298 g/mol. The fourth-order valence-corrected chi connectivity index (χ4v) is 2.16. The molecule has 0 aliphatic heterocycles. The summed E-state index contributed by atoms with van der Waals surface area (Å²) >= 11 is 0. The van der Waals surface area contributed by atoms with E-state index >= 15 is 0 Å². The molecule has 3 heteroatoms. The van der Waals surface area contributed by atoms with Crippen molar-refractivity contribution < 1.29 is 14.6 Å². The average Bonchev–Trinajstić information content (AvgIpc) is 2.48. The lowest BCUT2D eigenvalue weighted by Crippen LogP contribution is -2.04. The zero-order chi connectivity index (χ0) is 15.6. The molecule has 0 aliphatic rings. The molecule has 1 unspecified atom stereocenters. The maximum atomic E-state index is 9.59. The van der Waals surface area contributed by atoms with Crippen molar-refractivity contribution in [2.45, 2.75) is 83.7 Å². The number of hydrogen-bond donors (Lipinski definition) is 1. The Morgan fingerprint density at radius 2 is 1.57 bits per heavy atom. The highest BCUT2D eigenvalue weighted by Gasteiger charge is 2.00. The first-order chi connectivity index (χ1) is 10.3. The predicted octanol–water partition coefficient (Wildman–Crippen LogP) is 4.28. The largest absolute Gasteiger partial charge is 0.393 e. The van der Waals surface area contributed by atoms with Crippen molar-refractivity contribution in [2.75, 3.05) is 20.5 Å². The van der Waals surface area contributed by atoms with E-state index in [0.717, 1.165) is 58.0 Å². The highest BCUT2D eigenvalue weighted by molar-refractivity contribution is 4.98. The standard InChI is InChI=1S/C18H34O3/c1-3-14-18(19)15-12-10-8-6-4-5-7-9-11-13-16-21-17-20-2/h18-19H,3,5,7-17H2,1-2H3. The third-order valence-electron chi connectivity index (χ3n) is 3.38. The molecule has 0 spiro atoms. The van der Waals surface area contributed by atoms with Crippen LogP contribution in [0.15, 0.2) is 0 Å². The summed E-state index contributed by atoms with van der Waals surface area (Å²) in [7, 11) is 1.64. The molecular weight excluding hydrogens is 264 g/mol. The molecule has 0 aliphatic carbocycles. The Hall–Kier alpha value is -0.560. The van der Waals surface area contributed by atoms with Crippen LogP contribution < -0.4 is 0 Å². The van der Waals surface area contributed by atoms with E-state index < -0.39 is 0 Å². The van der Waals surface area contributed by atoms with Gasteiger partial charge in [-0.05, 0) is 38.5 Å². The van der Waals surface area contributed by atoms with Gasteiger partial charge in [0.05, 0.1) is 6.10 Å². The van der Waals surface area contributed by atoms with E-state index in [1.54, 1.807) is 7.11 Å². The fourth-order valence-electron chi connectivity index (χ4n) is 2.16. The Balaban J connectivity index is 3.16. The van der Waals surface area contributed by atoms with Crippen molar-refractivity contribution in [3.8, 4) is 11.8 Å². The molecule has 0 saturated heterocycles. The third-order valence-corrected chi connectivity index (χ3v) is 3.38. The van der Waals surface area contributed by atoms with Crippen LogP contribution in [0.2, 0.25) is 0 Å². The van der Waals surface area contributed by atoms with Crippen LogP contribution in [-0.2, 0) is 9.47 Å². The molecule has 0 fully saturated rings. The SMILES string of the molecule is CCCC(O)CCCCC#CCCCCCCOCOC. The van der Waals surface area contributed by atoms with Crippen LogP contribution in [0.3, 0.4) is 0 Å². The topological polar surface area (TPSA) is 38.7 Å². The fraction of sp³-hybridized carbons (Fsp3) is 0.889. The summed E-state index contributed by atoms with van der Waals surface area (Å²) in [6, 6.07) is 0. The van der Waals surface area contributed by atoms with Crippen LogP contribution in [0.5, 0.6) is 0 Å². The molecule has 0 amide bonds. The summed E-state index contributed by atoms with van der Waals surface area (Å²) in [5.74, 6) is 6.48. The van der Waals surface area contributed by atoms with Gasteiger partial charge in [0, 0.05) is 26.6 Å². The molecule has 0 saturated carbocycles. The van der Waals surface area contributed by atoms with E-state index in [9.17, 15) is 5.11 Å². The maximum absolute atomic E-state index is 9.59. The lowest BCUT2D eigenvalue weighted by molar-refractivity contribution is -0.0315. The molecule has 21 heavy (non-hydrogen) atoms. The molecule has 0 aromatic carbocycles. The number of aliphatic hydroxyl groups is 1. The van der Waals surface area contributed by atoms with Gasteiger partial charge >= 0.3 is 0 Å². The maximum Gasteiger partial charge on any atom is 0.146 e. The monoisotopic (exact) mass is 298 g/mol. The van der Waals surface area contributed by atoms with E-state index in [1.807, 2.05) is 0 Å². The van der Waals surface area contributed by atoms with E-state index in [0.29, 0.717) is 6.79 Å². The molecule has 0 aromatic rings. The van der Waals surface area contributed by atoms with Gasteiger partial charge in [-0.1, -0.05) is 26.2 Å². The molecule has 0 bridgehead atoms. The Morgan fingerprint density at radius 3 is 2.24 bits per heavy atom. The molecule has 1 N–H and O–H groups in total. The van der Waals surface area contributed by atoms with Gasteiger partial charge in [-0.25, -0.2) is 0 Å². The van der Waals surface area contributed by atoms with E-state index in [1.165, 1.54) is 19.3 Å². The normalized spacial score (nSPS) is 12.0. The van der Waals surface area contributed by atoms with Crippen molar-refractivity contribution in [1.29, 1.82) is 0 Å². The van der Waals surface area contributed by atoms with Crippen LogP contribution >= 0.6 is 0 Å². The number of ether oxygens (including phenoxy) is 2. The van der Waals surface area contributed by atoms with E-state index in [4.69, 9.17) is 9.47 Å². The second-order valence-corrected chi connectivity index (χ2v) is 5.52. The molecule has 0 radical (unpaired) electrons. The van der Waals surface area contributed by atoms with E-state index in [-0.39, 0.29) is 6.10 Å². The van der Waals surface area contributed by atoms with Crippen LogP contribution in [0.4, 0.5) is 0 Å². The van der Waals surface area contributed by atoms with Gasteiger partial charge in [0.15, 0.2) is 0 Å². The van der Waals surface area contributed by atoms with Crippen LogP contribution in [0, 0.1) is 11.8 Å². The molecule has 124 valence electrons. The third kappa shape index (κ3) is 17.4. The number of aliphatic hydroxyl groups excluding tert-OH is 1. The minimum absolute atomic E-state index is 0.101. The van der Waals surface area contributed by atoms with Gasteiger partial charge in [-0.3, -0.25) is 0 Å². The minimum Gasteiger partial charge on any atom is -0.393 e. The summed E-state index contributed by atoms with van der Waals surface area (Å²) < 4.78 is 10.0. The number of methoxy groups -OCH3 is 1. The summed E-state index contributed by atoms with van der Waals surface area (Å²) in [6.07, 6.45) is 11.8. The first kappa shape index (κ1) is 20.4. The molecule has 0 heterocycles. The second-order valence-electron chi connectivity index (χ2n) is 5.52. The Kier molecular flexibility index (Phi) is 17.0. The quantitative estimate of drug-likeness (QED) is 0.295. The van der Waals surface area contributed by atoms with Gasteiger partial charge < -0.3 is 14.6 Å². The van der Waals surface area contributed by atoms with Crippen LogP contribution in [-0.4, -0.2) is 31.7 Å². The first-order valence-electron chi connectivity index (χ1n) is 8.51. The number of rotatable bonds is 14. The molecule has 1 atom stereocenters. The smallest absolute Gasteiger partial charge is 0.146 e. The van der Waals surface area contributed by atoms with Crippen molar-refractivity contribution in [1.82, 2.24) is 0 Å². The highest BCUT2D eigenvalue weighted by atomic mass is 16.7. The van der Waals surface area contributed by atoms with Gasteiger partial charge in [0.2, 0.25) is 0 Å². The van der Waals surface area contributed by atoms with Crippen molar-refractivity contribution >= 4 is 0 Å². The number of unbranched alkanes of at least 4 members (excludes halogenated alkanes) is 6. The second kappa shape index (κ2) is 17.5. The van der Waals surface area contributed by atoms with E-state index in [2.05, 4.69) is 18.8 Å². The Labute approximate surface area is 131 Å². The molecular formula is C18H34O3. The summed E-state index contributed by atoms with van der Waals surface area (Å²) in [4.78, 5) is 0.